The van der Waals surface area contributed by atoms with Gasteiger partial charge in [0.05, 0.1) is 10.6 Å². The van der Waals surface area contributed by atoms with E-state index in [9.17, 15) is 17.2 Å². The largest absolute Gasteiger partial charge is 0.295 e. The molecule has 0 bridgehead atoms. The number of piperazine rings is 1. The van der Waals surface area contributed by atoms with Gasteiger partial charge in [-0.3, -0.25) is 4.90 Å². The monoisotopic (exact) mass is 441 g/mol. The molecule has 0 aliphatic carbocycles. The molecule has 148 valence electrons. The number of thiophene rings is 1. The maximum absolute atomic E-state index is 13.4. The highest BCUT2D eigenvalue weighted by Crippen LogP contribution is 2.26. The van der Waals surface area contributed by atoms with E-state index in [2.05, 4.69) is 15.3 Å². The molecule has 1 saturated heterocycles. The van der Waals surface area contributed by atoms with Crippen LogP contribution in [0.5, 0.6) is 0 Å². The Hall–Kier alpha value is -1.72. The molecule has 10 heteroatoms. The summed E-state index contributed by atoms with van der Waals surface area (Å²) in [6.45, 7) is 2.23. The summed E-state index contributed by atoms with van der Waals surface area (Å²) in [7, 11) is -3.91. The predicted octanol–water partition coefficient (Wildman–Crippen LogP) is 3.66. The molecular weight excluding hydrogens is 424 g/mol. The van der Waals surface area contributed by atoms with Crippen LogP contribution in [0, 0.1) is 11.6 Å². The standard InChI is InChI=1S/C18H17F2N3O2S3/c19-14-7-15(20)9-17(8-14)28(24,25)23-4-2-22(3-5-23)10-16-12-27-18(21-16)13-1-6-26-11-13/h1,6-9,11-12H,2-5,10H2. The maximum atomic E-state index is 13.4. The number of thiazole rings is 1. The Morgan fingerprint density at radius 2 is 1.75 bits per heavy atom. The average Bonchev–Trinajstić information content (AvgIpc) is 3.33. The highest BCUT2D eigenvalue weighted by Gasteiger charge is 2.29. The van der Waals surface area contributed by atoms with E-state index in [4.69, 9.17) is 0 Å². The molecule has 0 atom stereocenters. The van der Waals surface area contributed by atoms with Gasteiger partial charge < -0.3 is 0 Å². The van der Waals surface area contributed by atoms with Crippen molar-refractivity contribution in [1.29, 1.82) is 0 Å². The van der Waals surface area contributed by atoms with Gasteiger partial charge >= 0.3 is 0 Å². The molecule has 1 aliphatic rings. The lowest BCUT2D eigenvalue weighted by Crippen LogP contribution is -2.48. The maximum Gasteiger partial charge on any atom is 0.243 e. The van der Waals surface area contributed by atoms with Gasteiger partial charge in [0.15, 0.2) is 0 Å². The first-order valence-electron chi connectivity index (χ1n) is 8.57. The van der Waals surface area contributed by atoms with Crippen LogP contribution in [0.3, 0.4) is 0 Å². The Bertz CT molecular complexity index is 1040. The van der Waals surface area contributed by atoms with Gasteiger partial charge in [-0.2, -0.15) is 15.6 Å². The van der Waals surface area contributed by atoms with Crippen molar-refractivity contribution >= 4 is 32.7 Å². The van der Waals surface area contributed by atoms with Crippen LogP contribution < -0.4 is 0 Å². The Balaban J connectivity index is 1.39. The van der Waals surface area contributed by atoms with E-state index in [0.29, 0.717) is 25.7 Å². The van der Waals surface area contributed by atoms with E-state index in [1.54, 1.807) is 22.7 Å². The van der Waals surface area contributed by atoms with E-state index < -0.39 is 21.7 Å². The molecule has 1 aliphatic heterocycles. The van der Waals surface area contributed by atoms with Crippen molar-refractivity contribution in [2.24, 2.45) is 0 Å². The van der Waals surface area contributed by atoms with Crippen molar-refractivity contribution in [3.05, 3.63) is 57.7 Å². The first-order chi connectivity index (χ1) is 13.4. The fraction of sp³-hybridized carbons (Fsp3) is 0.278. The van der Waals surface area contributed by atoms with E-state index in [-0.39, 0.29) is 18.0 Å². The smallest absolute Gasteiger partial charge is 0.243 e. The SMILES string of the molecule is O=S(=O)(c1cc(F)cc(F)c1)N1CCN(Cc2csc(-c3ccsc3)n2)CC1. The van der Waals surface area contributed by atoms with Crippen molar-refractivity contribution in [2.45, 2.75) is 11.4 Å². The fourth-order valence-corrected chi connectivity index (χ4v) is 6.07. The second-order valence-corrected chi connectivity index (χ2v) is 10.0. The molecule has 1 aromatic carbocycles. The van der Waals surface area contributed by atoms with Crippen LogP contribution in [0.2, 0.25) is 0 Å². The number of rotatable bonds is 5. The van der Waals surface area contributed by atoms with Gasteiger partial charge in [0.25, 0.3) is 0 Å². The molecular formula is C18H17F2N3O2S3. The summed E-state index contributed by atoms with van der Waals surface area (Å²) in [5.41, 5.74) is 2.06. The minimum Gasteiger partial charge on any atom is -0.295 e. The summed E-state index contributed by atoms with van der Waals surface area (Å²) in [5, 5.41) is 7.07. The molecule has 28 heavy (non-hydrogen) atoms. The van der Waals surface area contributed by atoms with Gasteiger partial charge in [-0.1, -0.05) is 0 Å². The number of nitrogens with zero attached hydrogens (tertiary/aromatic N) is 3. The molecule has 0 amide bonds. The zero-order valence-corrected chi connectivity index (χ0v) is 17.2. The second-order valence-electron chi connectivity index (χ2n) is 6.44. The third-order valence-corrected chi connectivity index (χ3v) is 8.01. The molecule has 0 N–H and O–H groups in total. The Kier molecular flexibility index (Phi) is 5.57. The number of hydrogen-bond donors (Lipinski definition) is 0. The van der Waals surface area contributed by atoms with Crippen LogP contribution in [0.15, 0.2) is 45.3 Å². The van der Waals surface area contributed by atoms with Gasteiger partial charge in [-0.05, 0) is 23.6 Å². The quantitative estimate of drug-likeness (QED) is 0.607. The molecule has 0 spiro atoms. The minimum atomic E-state index is -3.91. The van der Waals surface area contributed by atoms with Gasteiger partial charge in [-0.25, -0.2) is 22.2 Å². The number of aromatic nitrogens is 1. The van der Waals surface area contributed by atoms with Crippen LogP contribution >= 0.6 is 22.7 Å². The first kappa shape index (κ1) is 19.6. The van der Waals surface area contributed by atoms with Gasteiger partial charge in [0.1, 0.15) is 16.6 Å². The second kappa shape index (κ2) is 7.96. The zero-order valence-electron chi connectivity index (χ0n) is 14.7. The molecule has 0 radical (unpaired) electrons. The lowest BCUT2D eigenvalue weighted by molar-refractivity contribution is 0.180. The van der Waals surface area contributed by atoms with Crippen molar-refractivity contribution in [2.75, 3.05) is 26.2 Å². The normalized spacial score (nSPS) is 16.5. The van der Waals surface area contributed by atoms with Crippen molar-refractivity contribution in [3.8, 4) is 10.6 Å². The van der Waals surface area contributed by atoms with Crippen LogP contribution in [-0.4, -0.2) is 48.8 Å². The van der Waals surface area contributed by atoms with E-state index in [0.717, 1.165) is 28.4 Å². The summed E-state index contributed by atoms with van der Waals surface area (Å²) < 4.78 is 53.4. The van der Waals surface area contributed by atoms with Gasteiger partial charge in [-0.15, -0.1) is 11.3 Å². The summed E-state index contributed by atoms with van der Waals surface area (Å²) in [4.78, 5) is 6.43. The van der Waals surface area contributed by atoms with Crippen molar-refractivity contribution in [1.82, 2.24) is 14.2 Å². The Morgan fingerprint density at radius 1 is 1.04 bits per heavy atom. The van der Waals surface area contributed by atoms with E-state index >= 15 is 0 Å². The van der Waals surface area contributed by atoms with Crippen LogP contribution in [0.25, 0.3) is 10.6 Å². The predicted molar refractivity (Wildman–Crippen MR) is 106 cm³/mol. The van der Waals surface area contributed by atoms with Gasteiger partial charge in [0.2, 0.25) is 10.0 Å². The lowest BCUT2D eigenvalue weighted by atomic mass is 10.3. The summed E-state index contributed by atoms with van der Waals surface area (Å²) in [6, 6.07) is 4.40. The number of halogens is 2. The molecule has 2 aromatic heterocycles. The summed E-state index contributed by atoms with van der Waals surface area (Å²) >= 11 is 3.22. The lowest BCUT2D eigenvalue weighted by Gasteiger charge is -2.33. The molecule has 0 unspecified atom stereocenters. The van der Waals surface area contributed by atoms with Crippen LogP contribution in [0.1, 0.15) is 5.69 Å². The van der Waals surface area contributed by atoms with E-state index in [1.165, 1.54) is 4.31 Å². The number of sulfonamides is 1. The highest BCUT2D eigenvalue weighted by atomic mass is 32.2. The van der Waals surface area contributed by atoms with Crippen molar-refractivity contribution < 1.29 is 17.2 Å². The molecule has 0 saturated carbocycles. The minimum absolute atomic E-state index is 0.266. The zero-order chi connectivity index (χ0) is 19.7. The van der Waals surface area contributed by atoms with E-state index in [1.807, 2.05) is 16.8 Å². The third-order valence-electron chi connectivity index (χ3n) is 4.51. The van der Waals surface area contributed by atoms with Crippen molar-refractivity contribution in [3.63, 3.8) is 0 Å². The molecule has 3 aromatic rings. The summed E-state index contributed by atoms with van der Waals surface area (Å²) in [5.74, 6) is -1.80. The average molecular weight is 442 g/mol. The van der Waals surface area contributed by atoms with Gasteiger partial charge in [0, 0.05) is 55.1 Å². The Morgan fingerprint density at radius 3 is 2.39 bits per heavy atom. The molecule has 1 fully saturated rings. The molecule has 3 heterocycles. The molecule has 4 rings (SSSR count). The Labute approximate surface area is 169 Å². The molecule has 5 nitrogen and oxygen atoms in total. The topological polar surface area (TPSA) is 53.5 Å². The fourth-order valence-electron chi connectivity index (χ4n) is 3.08. The number of benzene rings is 1. The first-order valence-corrected chi connectivity index (χ1v) is 11.8. The number of hydrogen-bond acceptors (Lipinski definition) is 6. The summed E-state index contributed by atoms with van der Waals surface area (Å²) in [6.07, 6.45) is 0. The highest BCUT2D eigenvalue weighted by molar-refractivity contribution is 7.89. The van der Waals surface area contributed by atoms with Crippen LogP contribution in [-0.2, 0) is 16.6 Å². The third kappa shape index (κ3) is 4.15. The van der Waals surface area contributed by atoms with Crippen LogP contribution in [0.4, 0.5) is 8.78 Å².